The topological polar surface area (TPSA) is 61.9 Å². The molecule has 3 rings (SSSR count). The predicted molar refractivity (Wildman–Crippen MR) is 82.2 cm³/mol. The highest BCUT2D eigenvalue weighted by atomic mass is 16.6. The van der Waals surface area contributed by atoms with E-state index in [1.807, 2.05) is 23.1 Å². The molecule has 0 radical (unpaired) electrons. The summed E-state index contributed by atoms with van der Waals surface area (Å²) in [5, 5.41) is 3.00. The maximum atomic E-state index is 12.2. The van der Waals surface area contributed by atoms with Crippen molar-refractivity contribution in [2.45, 2.75) is 37.8 Å². The smallest absolute Gasteiger partial charge is 0.251 e. The Morgan fingerprint density at radius 1 is 1.18 bits per heavy atom. The number of likely N-dealkylation sites (tertiary alicyclic amines) is 1. The predicted octanol–water partition coefficient (Wildman–Crippen LogP) is 1.13. The van der Waals surface area contributed by atoms with Gasteiger partial charge in [-0.05, 0) is 24.8 Å². The molecule has 1 aromatic rings. The molecule has 2 heterocycles. The number of rotatable bonds is 5. The number of piperidine rings is 1. The number of hydrogen-bond acceptors (Lipinski definition) is 3. The number of benzene rings is 1. The fourth-order valence-electron chi connectivity index (χ4n) is 2.82. The van der Waals surface area contributed by atoms with Crippen molar-refractivity contribution in [3.8, 4) is 0 Å². The molecule has 2 aliphatic rings. The minimum absolute atomic E-state index is 0.00569. The van der Waals surface area contributed by atoms with E-state index >= 15 is 0 Å². The lowest BCUT2D eigenvalue weighted by Gasteiger charge is -2.32. The van der Waals surface area contributed by atoms with Gasteiger partial charge in [0.2, 0.25) is 5.91 Å². The zero-order valence-electron chi connectivity index (χ0n) is 12.7. The Kier molecular flexibility index (Phi) is 4.73. The third kappa shape index (κ3) is 4.07. The number of nitrogens with zero attached hydrogens (tertiary/aromatic N) is 1. The minimum atomic E-state index is -0.231. The Bertz CT molecular complexity index is 520. The Balaban J connectivity index is 1.38. The van der Waals surface area contributed by atoms with Gasteiger partial charge < -0.3 is 15.0 Å². The quantitative estimate of drug-likeness (QED) is 0.829. The highest BCUT2D eigenvalue weighted by Gasteiger charge is 2.33. The summed E-state index contributed by atoms with van der Waals surface area (Å²) in [5.74, 6) is 0.202. The summed E-state index contributed by atoms with van der Waals surface area (Å²) < 4.78 is 4.97. The number of carbonyl (C=O) groups excluding carboxylic acids is 2. The first-order valence-corrected chi connectivity index (χ1v) is 7.96. The Labute approximate surface area is 130 Å². The molecular weight excluding hydrogens is 280 g/mol. The molecule has 1 N–H and O–H groups in total. The van der Waals surface area contributed by atoms with Crippen LogP contribution in [-0.2, 0) is 20.7 Å². The highest BCUT2D eigenvalue weighted by Crippen LogP contribution is 2.15. The van der Waals surface area contributed by atoms with E-state index in [2.05, 4.69) is 17.4 Å². The molecule has 0 saturated carbocycles. The molecule has 118 valence electrons. The van der Waals surface area contributed by atoms with Crippen molar-refractivity contribution in [3.05, 3.63) is 35.9 Å². The summed E-state index contributed by atoms with van der Waals surface area (Å²) in [7, 11) is 0. The summed E-state index contributed by atoms with van der Waals surface area (Å²) in [6, 6.07) is 10.3. The molecule has 1 atom stereocenters. The van der Waals surface area contributed by atoms with Crippen molar-refractivity contribution >= 4 is 11.8 Å². The van der Waals surface area contributed by atoms with Crippen molar-refractivity contribution in [2.24, 2.45) is 0 Å². The van der Waals surface area contributed by atoms with Gasteiger partial charge in [-0.2, -0.15) is 0 Å². The van der Waals surface area contributed by atoms with Gasteiger partial charge in [0.25, 0.3) is 5.91 Å². The molecule has 22 heavy (non-hydrogen) atoms. The van der Waals surface area contributed by atoms with Gasteiger partial charge in [-0.1, -0.05) is 30.3 Å². The van der Waals surface area contributed by atoms with Crippen molar-refractivity contribution < 1.29 is 14.3 Å². The van der Waals surface area contributed by atoms with Gasteiger partial charge >= 0.3 is 0 Å². The third-order valence-corrected chi connectivity index (χ3v) is 4.29. The van der Waals surface area contributed by atoms with E-state index < -0.39 is 0 Å². The molecule has 0 spiro atoms. The first-order valence-electron chi connectivity index (χ1n) is 7.96. The van der Waals surface area contributed by atoms with Gasteiger partial charge in [-0.15, -0.1) is 0 Å². The summed E-state index contributed by atoms with van der Waals surface area (Å²) in [5.41, 5.74) is 1.20. The Morgan fingerprint density at radius 2 is 1.86 bits per heavy atom. The van der Waals surface area contributed by atoms with Crippen LogP contribution in [0.1, 0.15) is 24.8 Å². The lowest BCUT2D eigenvalue weighted by molar-refractivity contribution is -0.132. The number of ether oxygens (including phenoxy) is 1. The fraction of sp³-hybridized carbons (Fsp3) is 0.529. The number of aryl methyl sites for hydroxylation is 1. The van der Waals surface area contributed by atoms with Crippen molar-refractivity contribution in [2.75, 3.05) is 19.7 Å². The van der Waals surface area contributed by atoms with Crippen molar-refractivity contribution in [1.29, 1.82) is 0 Å². The molecule has 1 aromatic carbocycles. The highest BCUT2D eigenvalue weighted by molar-refractivity contribution is 5.83. The van der Waals surface area contributed by atoms with Crippen LogP contribution >= 0.6 is 0 Å². The second-order valence-electron chi connectivity index (χ2n) is 5.97. The molecule has 1 unspecified atom stereocenters. The lowest BCUT2D eigenvalue weighted by Crippen LogP contribution is -2.47. The van der Waals surface area contributed by atoms with Gasteiger partial charge in [-0.3, -0.25) is 9.59 Å². The third-order valence-electron chi connectivity index (χ3n) is 4.29. The van der Waals surface area contributed by atoms with Crippen molar-refractivity contribution in [3.63, 3.8) is 0 Å². The normalized spacial score (nSPS) is 21.5. The SMILES string of the molecule is O=C(NC1CCN(C(=O)CCc2ccccc2)CC1)C1CO1. The first-order chi connectivity index (χ1) is 10.7. The van der Waals surface area contributed by atoms with E-state index in [0.29, 0.717) is 13.0 Å². The second-order valence-corrected chi connectivity index (χ2v) is 5.97. The number of epoxide rings is 1. The zero-order chi connectivity index (χ0) is 15.4. The lowest BCUT2D eigenvalue weighted by atomic mass is 10.0. The van der Waals surface area contributed by atoms with Gasteiger partial charge in [0.15, 0.2) is 6.10 Å². The van der Waals surface area contributed by atoms with Crippen LogP contribution in [0.4, 0.5) is 0 Å². The van der Waals surface area contributed by atoms with Crippen LogP contribution in [0.15, 0.2) is 30.3 Å². The monoisotopic (exact) mass is 302 g/mol. The van der Waals surface area contributed by atoms with E-state index in [0.717, 1.165) is 32.4 Å². The first kappa shape index (κ1) is 15.0. The zero-order valence-corrected chi connectivity index (χ0v) is 12.7. The average Bonchev–Trinajstić information content (AvgIpc) is 3.39. The number of nitrogens with one attached hydrogen (secondary N) is 1. The van der Waals surface area contributed by atoms with Crippen LogP contribution in [0, 0.1) is 0 Å². The maximum Gasteiger partial charge on any atom is 0.251 e. The van der Waals surface area contributed by atoms with Gasteiger partial charge in [-0.25, -0.2) is 0 Å². The molecule has 2 aliphatic heterocycles. The van der Waals surface area contributed by atoms with Crippen LogP contribution in [0.5, 0.6) is 0 Å². The van der Waals surface area contributed by atoms with Crippen LogP contribution < -0.4 is 5.32 Å². The van der Waals surface area contributed by atoms with E-state index in [9.17, 15) is 9.59 Å². The molecule has 2 fully saturated rings. The summed E-state index contributed by atoms with van der Waals surface area (Å²) >= 11 is 0. The largest absolute Gasteiger partial charge is 0.363 e. The van der Waals surface area contributed by atoms with Gasteiger partial charge in [0.1, 0.15) is 0 Å². The second kappa shape index (κ2) is 6.92. The fourth-order valence-corrected chi connectivity index (χ4v) is 2.82. The Morgan fingerprint density at radius 3 is 2.50 bits per heavy atom. The van der Waals surface area contributed by atoms with E-state index in [1.54, 1.807) is 0 Å². The van der Waals surface area contributed by atoms with Crippen molar-refractivity contribution in [1.82, 2.24) is 10.2 Å². The van der Waals surface area contributed by atoms with Crippen LogP contribution in [-0.4, -0.2) is 48.6 Å². The van der Waals surface area contributed by atoms with E-state index in [4.69, 9.17) is 4.74 Å². The molecular formula is C17H22N2O3. The van der Waals surface area contributed by atoms with Gasteiger partial charge in [0.05, 0.1) is 6.61 Å². The molecule has 0 aromatic heterocycles. The van der Waals surface area contributed by atoms with Crippen LogP contribution in [0.2, 0.25) is 0 Å². The van der Waals surface area contributed by atoms with E-state index in [1.165, 1.54) is 5.56 Å². The standard InChI is InChI=1S/C17H22N2O3/c20-16(7-6-13-4-2-1-3-5-13)19-10-8-14(9-11-19)18-17(21)15-12-22-15/h1-5,14-15H,6-12H2,(H,18,21). The molecule has 2 saturated heterocycles. The molecule has 0 bridgehead atoms. The molecule has 0 aliphatic carbocycles. The maximum absolute atomic E-state index is 12.2. The number of amides is 2. The number of hydrogen-bond donors (Lipinski definition) is 1. The van der Waals surface area contributed by atoms with Gasteiger partial charge in [0, 0.05) is 25.6 Å². The molecule has 5 nitrogen and oxygen atoms in total. The number of carbonyl (C=O) groups is 2. The molecule has 5 heteroatoms. The average molecular weight is 302 g/mol. The Hall–Kier alpha value is -1.88. The summed E-state index contributed by atoms with van der Waals surface area (Å²) in [4.78, 5) is 25.8. The summed E-state index contributed by atoms with van der Waals surface area (Å²) in [6.45, 7) is 2.00. The molecule has 2 amide bonds. The van der Waals surface area contributed by atoms with Crippen LogP contribution in [0.25, 0.3) is 0 Å². The summed E-state index contributed by atoms with van der Waals surface area (Å²) in [6.07, 6.45) is 2.77. The van der Waals surface area contributed by atoms with Crippen LogP contribution in [0.3, 0.4) is 0 Å². The van der Waals surface area contributed by atoms with E-state index in [-0.39, 0.29) is 24.0 Å². The minimum Gasteiger partial charge on any atom is -0.363 e.